The fourth-order valence-corrected chi connectivity index (χ4v) is 8.31. The van der Waals surface area contributed by atoms with Crippen LogP contribution in [0, 0.1) is 5.92 Å². The summed E-state index contributed by atoms with van der Waals surface area (Å²) in [6, 6.07) is 9.96. The van der Waals surface area contributed by atoms with Crippen LogP contribution in [0.25, 0.3) is 0 Å². The van der Waals surface area contributed by atoms with E-state index < -0.39 is 26.4 Å². The maximum Gasteiger partial charge on any atom is 0.312 e. The van der Waals surface area contributed by atoms with E-state index in [1.54, 1.807) is 11.8 Å². The smallest absolute Gasteiger partial charge is 0.312 e. The van der Waals surface area contributed by atoms with Gasteiger partial charge in [0.15, 0.2) is 0 Å². The third-order valence-corrected chi connectivity index (χ3v) is 10.0. The number of aryl methyl sites for hydroxylation is 1. The lowest BCUT2D eigenvalue weighted by molar-refractivity contribution is -0.149. The average molecular weight is 383 g/mol. The van der Waals surface area contributed by atoms with Gasteiger partial charge < -0.3 is 9.84 Å². The molecule has 2 fully saturated rings. The molecule has 0 amide bonds. The van der Waals surface area contributed by atoms with Gasteiger partial charge in [0.05, 0.1) is 12.5 Å². The lowest BCUT2D eigenvalue weighted by Gasteiger charge is -2.49. The third kappa shape index (κ3) is 3.40. The predicted molar refractivity (Wildman–Crippen MR) is 102 cm³/mol. The number of benzene rings is 1. The first-order valence-electron chi connectivity index (χ1n) is 8.99. The highest BCUT2D eigenvalue weighted by Crippen LogP contribution is 2.52. The average Bonchev–Trinajstić information content (AvgIpc) is 3.08. The summed E-state index contributed by atoms with van der Waals surface area (Å²) in [6.07, 6.45) is 3.05. The third-order valence-electron chi connectivity index (χ3n) is 5.45. The predicted octanol–water partition coefficient (Wildman–Crippen LogP) is 2.91. The molecule has 25 heavy (non-hydrogen) atoms. The molecule has 0 saturated carbocycles. The van der Waals surface area contributed by atoms with Crippen molar-refractivity contribution in [3.8, 4) is 0 Å². The van der Waals surface area contributed by atoms with Crippen LogP contribution in [0.1, 0.15) is 38.2 Å². The van der Waals surface area contributed by atoms with E-state index in [9.17, 15) is 14.1 Å². The molecule has 1 N–H and O–H groups in total. The van der Waals surface area contributed by atoms with Gasteiger partial charge in [-0.1, -0.05) is 37.3 Å². The molecular formula is C19H26O4S2. The number of aliphatic hydroxyl groups is 1. The summed E-state index contributed by atoms with van der Waals surface area (Å²) in [5.74, 6) is 0.530. The Bertz CT molecular complexity index is 636. The summed E-state index contributed by atoms with van der Waals surface area (Å²) in [5, 5.41) is 11.9. The second-order valence-corrected chi connectivity index (χ2v) is 10.2. The van der Waals surface area contributed by atoms with Crippen LogP contribution in [0.4, 0.5) is 0 Å². The first-order chi connectivity index (χ1) is 12.0. The van der Waals surface area contributed by atoms with Crippen LogP contribution in [-0.4, -0.2) is 43.1 Å². The Morgan fingerprint density at radius 3 is 2.76 bits per heavy atom. The van der Waals surface area contributed by atoms with Crippen molar-refractivity contribution in [2.45, 2.75) is 48.7 Å². The van der Waals surface area contributed by atoms with Crippen LogP contribution < -0.4 is 0 Å². The highest BCUT2D eigenvalue weighted by Gasteiger charge is 2.61. The summed E-state index contributed by atoms with van der Waals surface area (Å²) in [6.45, 7) is 2.32. The highest BCUT2D eigenvalue weighted by molar-refractivity contribution is 8.13. The van der Waals surface area contributed by atoms with Gasteiger partial charge in [0.25, 0.3) is 0 Å². The Hall–Kier alpha value is -0.850. The second kappa shape index (κ2) is 7.80. The maximum atomic E-state index is 13.0. The van der Waals surface area contributed by atoms with Crippen molar-refractivity contribution >= 4 is 28.5 Å². The van der Waals surface area contributed by atoms with Crippen molar-refractivity contribution in [2.24, 2.45) is 5.92 Å². The number of cyclic esters (lactones) is 1. The first-order valence-corrected chi connectivity index (χ1v) is 11.3. The van der Waals surface area contributed by atoms with E-state index in [4.69, 9.17) is 4.74 Å². The molecule has 0 spiro atoms. The molecule has 2 saturated heterocycles. The Balaban J connectivity index is 1.95. The van der Waals surface area contributed by atoms with Gasteiger partial charge in [-0.3, -0.25) is 9.00 Å². The molecule has 138 valence electrons. The second-order valence-electron chi connectivity index (χ2n) is 6.78. The Kier molecular flexibility index (Phi) is 5.91. The van der Waals surface area contributed by atoms with Crippen LogP contribution in [-0.2, 0) is 26.8 Å². The fourth-order valence-electron chi connectivity index (χ4n) is 4.09. The monoisotopic (exact) mass is 382 g/mol. The number of esters is 1. The summed E-state index contributed by atoms with van der Waals surface area (Å²) in [5.41, 5.74) is -0.202. The topological polar surface area (TPSA) is 63.6 Å². The molecule has 4 nitrogen and oxygen atoms in total. The molecule has 6 heteroatoms. The number of carbonyl (C=O) groups is 1. The zero-order valence-electron chi connectivity index (χ0n) is 14.6. The molecule has 0 bridgehead atoms. The number of hydrogen-bond acceptors (Lipinski definition) is 5. The Morgan fingerprint density at radius 2 is 2.16 bits per heavy atom. The zero-order valence-corrected chi connectivity index (χ0v) is 16.2. The molecule has 0 unspecified atom stereocenters. The molecular weight excluding hydrogens is 356 g/mol. The molecule has 1 aromatic rings. The number of thioether (sulfide) groups is 1. The van der Waals surface area contributed by atoms with Gasteiger partial charge in [0.2, 0.25) is 0 Å². The van der Waals surface area contributed by atoms with E-state index in [0.717, 1.165) is 17.7 Å². The standard InChI is InChI=1S/C19H26O4S2/c1-2-19(24-13-6-14-25(19)22)18(21,16-10-12-23-17(16)20)11-9-15-7-4-3-5-8-15/h3-5,7-8,16,21H,2,6,9-14H2,1H3/t16-,18-,19+,25-/m0/s1. The van der Waals surface area contributed by atoms with Crippen LogP contribution in [0.3, 0.4) is 0 Å². The first kappa shape index (κ1) is 18.9. The molecule has 0 aromatic heterocycles. The molecule has 0 aliphatic carbocycles. The van der Waals surface area contributed by atoms with Crippen molar-refractivity contribution in [3.63, 3.8) is 0 Å². The minimum absolute atomic E-state index is 0.341. The van der Waals surface area contributed by atoms with Gasteiger partial charge in [0, 0.05) is 16.6 Å². The van der Waals surface area contributed by atoms with Crippen molar-refractivity contribution in [1.29, 1.82) is 0 Å². The van der Waals surface area contributed by atoms with Crippen LogP contribution in [0.5, 0.6) is 0 Å². The molecule has 1 aromatic carbocycles. The van der Waals surface area contributed by atoms with Crippen molar-refractivity contribution in [3.05, 3.63) is 35.9 Å². The zero-order chi connectivity index (χ0) is 17.9. The van der Waals surface area contributed by atoms with Gasteiger partial charge in [0.1, 0.15) is 9.68 Å². The summed E-state index contributed by atoms with van der Waals surface area (Å²) in [7, 11) is -1.17. The van der Waals surface area contributed by atoms with E-state index in [1.807, 2.05) is 37.3 Å². The minimum atomic E-state index is -1.32. The molecule has 3 rings (SSSR count). The number of rotatable bonds is 6. The summed E-state index contributed by atoms with van der Waals surface area (Å²) < 4.78 is 17.4. The van der Waals surface area contributed by atoms with E-state index >= 15 is 0 Å². The van der Waals surface area contributed by atoms with Gasteiger partial charge in [-0.2, -0.15) is 0 Å². The van der Waals surface area contributed by atoms with E-state index in [-0.39, 0.29) is 5.97 Å². The van der Waals surface area contributed by atoms with Gasteiger partial charge in [-0.05, 0) is 43.4 Å². The minimum Gasteiger partial charge on any atom is -0.465 e. The lowest BCUT2D eigenvalue weighted by atomic mass is 9.77. The highest BCUT2D eigenvalue weighted by atomic mass is 32.2. The van der Waals surface area contributed by atoms with Crippen LogP contribution >= 0.6 is 11.8 Å². The van der Waals surface area contributed by atoms with Gasteiger partial charge in [-0.15, -0.1) is 11.8 Å². The summed E-state index contributed by atoms with van der Waals surface area (Å²) in [4.78, 5) is 12.3. The van der Waals surface area contributed by atoms with E-state index in [2.05, 4.69) is 0 Å². The van der Waals surface area contributed by atoms with Gasteiger partial charge in [-0.25, -0.2) is 0 Å². The summed E-state index contributed by atoms with van der Waals surface area (Å²) >= 11 is 1.59. The molecule has 0 radical (unpaired) electrons. The Labute approximate surface area is 156 Å². The lowest BCUT2D eigenvalue weighted by Crippen LogP contribution is -2.61. The maximum absolute atomic E-state index is 13.0. The van der Waals surface area contributed by atoms with Crippen LogP contribution in [0.2, 0.25) is 0 Å². The molecule has 2 aliphatic heterocycles. The molecule has 2 heterocycles. The number of carbonyl (C=O) groups excluding carboxylic acids is 1. The van der Waals surface area contributed by atoms with Crippen molar-refractivity contribution in [1.82, 2.24) is 0 Å². The van der Waals surface area contributed by atoms with Crippen molar-refractivity contribution < 1.29 is 18.8 Å². The number of ether oxygens (including phenoxy) is 1. The molecule has 2 aliphatic rings. The van der Waals surface area contributed by atoms with Gasteiger partial charge >= 0.3 is 5.97 Å². The SMILES string of the molecule is CC[C@@]1([C@](O)(CCc2ccccc2)[C@H]2CCOC2=O)SCCC[S@@]1=O. The largest absolute Gasteiger partial charge is 0.465 e. The quantitative estimate of drug-likeness (QED) is 0.767. The Morgan fingerprint density at radius 1 is 1.40 bits per heavy atom. The molecule has 4 atom stereocenters. The van der Waals surface area contributed by atoms with E-state index in [0.29, 0.717) is 38.0 Å². The van der Waals surface area contributed by atoms with Crippen LogP contribution in [0.15, 0.2) is 30.3 Å². The fraction of sp³-hybridized carbons (Fsp3) is 0.632. The number of hydrogen-bond donors (Lipinski definition) is 1. The van der Waals surface area contributed by atoms with E-state index in [1.165, 1.54) is 0 Å². The van der Waals surface area contributed by atoms with Crippen molar-refractivity contribution in [2.75, 3.05) is 18.1 Å². The normalized spacial score (nSPS) is 32.2.